The van der Waals surface area contributed by atoms with Crippen molar-refractivity contribution >= 4 is 0 Å². The van der Waals surface area contributed by atoms with E-state index in [0.717, 1.165) is 17.1 Å². The third-order valence-electron chi connectivity index (χ3n) is 4.02. The van der Waals surface area contributed by atoms with E-state index < -0.39 is 0 Å². The van der Waals surface area contributed by atoms with Crippen LogP contribution in [-0.4, -0.2) is 7.11 Å². The molecule has 0 bridgehead atoms. The van der Waals surface area contributed by atoms with E-state index in [4.69, 9.17) is 15.2 Å². The van der Waals surface area contributed by atoms with Crippen LogP contribution in [-0.2, 0) is 26.0 Å². The topological polar surface area (TPSA) is 44.5 Å². The number of rotatable bonds is 5. The Hall–Kier alpha value is -2.00. The highest BCUT2D eigenvalue weighted by Gasteiger charge is 2.11. The average Bonchev–Trinajstić information content (AvgIpc) is 3.00. The molecule has 0 unspecified atom stereocenters. The van der Waals surface area contributed by atoms with Crippen LogP contribution in [0.3, 0.4) is 0 Å². The Bertz CT molecular complexity index is 637. The lowest BCUT2D eigenvalue weighted by molar-refractivity contribution is 0.284. The van der Waals surface area contributed by atoms with Crippen LogP contribution in [0.5, 0.6) is 11.5 Å². The van der Waals surface area contributed by atoms with Gasteiger partial charge in [0.05, 0.1) is 7.11 Å². The summed E-state index contributed by atoms with van der Waals surface area (Å²) in [5.41, 5.74) is 10.9. The van der Waals surface area contributed by atoms with Gasteiger partial charge in [-0.15, -0.1) is 0 Å². The summed E-state index contributed by atoms with van der Waals surface area (Å²) in [5, 5.41) is 0. The van der Waals surface area contributed by atoms with Crippen LogP contribution in [0.4, 0.5) is 0 Å². The molecule has 0 aliphatic heterocycles. The summed E-state index contributed by atoms with van der Waals surface area (Å²) in [4.78, 5) is 0. The van der Waals surface area contributed by atoms with Gasteiger partial charge >= 0.3 is 0 Å². The average molecular weight is 283 g/mol. The first-order chi connectivity index (χ1) is 10.3. The molecule has 0 saturated carbocycles. The quantitative estimate of drug-likeness (QED) is 0.916. The van der Waals surface area contributed by atoms with Gasteiger partial charge in [0.1, 0.15) is 6.61 Å². The minimum Gasteiger partial charge on any atom is -0.493 e. The Labute approximate surface area is 125 Å². The summed E-state index contributed by atoms with van der Waals surface area (Å²) >= 11 is 0. The largest absolute Gasteiger partial charge is 0.493 e. The van der Waals surface area contributed by atoms with Crippen molar-refractivity contribution in [2.45, 2.75) is 32.4 Å². The molecule has 0 amide bonds. The van der Waals surface area contributed by atoms with Crippen molar-refractivity contribution in [3.8, 4) is 11.5 Å². The fourth-order valence-electron chi connectivity index (χ4n) is 2.84. The zero-order chi connectivity index (χ0) is 14.7. The number of benzene rings is 2. The maximum atomic E-state index is 5.94. The Kier molecular flexibility index (Phi) is 4.11. The SMILES string of the molecule is COc1ccc(CN)cc1OCc1ccc2c(c1)CCC2. The predicted molar refractivity (Wildman–Crippen MR) is 83.7 cm³/mol. The molecule has 0 radical (unpaired) electrons. The van der Waals surface area contributed by atoms with Crippen LogP contribution in [0.25, 0.3) is 0 Å². The molecule has 1 aliphatic rings. The van der Waals surface area contributed by atoms with E-state index in [-0.39, 0.29) is 0 Å². The molecule has 0 fully saturated rings. The highest BCUT2D eigenvalue weighted by molar-refractivity contribution is 5.43. The molecule has 0 aromatic heterocycles. The van der Waals surface area contributed by atoms with Crippen LogP contribution in [0.2, 0.25) is 0 Å². The molecule has 0 atom stereocenters. The van der Waals surface area contributed by atoms with Crippen molar-refractivity contribution in [3.05, 3.63) is 58.7 Å². The molecule has 2 N–H and O–H groups in total. The maximum absolute atomic E-state index is 5.94. The van der Waals surface area contributed by atoms with Crippen LogP contribution in [0.1, 0.15) is 28.7 Å². The second kappa shape index (κ2) is 6.19. The van der Waals surface area contributed by atoms with Gasteiger partial charge in [0.25, 0.3) is 0 Å². The van der Waals surface area contributed by atoms with Gasteiger partial charge < -0.3 is 15.2 Å². The van der Waals surface area contributed by atoms with E-state index in [1.54, 1.807) is 7.11 Å². The number of nitrogens with two attached hydrogens (primary N) is 1. The van der Waals surface area contributed by atoms with Gasteiger partial charge in [-0.25, -0.2) is 0 Å². The Balaban J connectivity index is 1.75. The summed E-state index contributed by atoms with van der Waals surface area (Å²) in [5.74, 6) is 1.49. The van der Waals surface area contributed by atoms with E-state index in [1.165, 1.54) is 36.0 Å². The summed E-state index contributed by atoms with van der Waals surface area (Å²) in [6, 6.07) is 12.5. The molecule has 110 valence electrons. The van der Waals surface area contributed by atoms with Crippen molar-refractivity contribution in [1.82, 2.24) is 0 Å². The molecule has 2 aromatic carbocycles. The van der Waals surface area contributed by atoms with Crippen LogP contribution >= 0.6 is 0 Å². The number of aryl methyl sites for hydroxylation is 2. The second-order valence-electron chi connectivity index (χ2n) is 5.43. The van der Waals surface area contributed by atoms with Crippen LogP contribution < -0.4 is 15.2 Å². The lowest BCUT2D eigenvalue weighted by Gasteiger charge is -2.12. The molecule has 21 heavy (non-hydrogen) atoms. The molecular formula is C18H21NO2. The van der Waals surface area contributed by atoms with Gasteiger partial charge in [-0.1, -0.05) is 24.3 Å². The van der Waals surface area contributed by atoms with Crippen molar-refractivity contribution in [2.24, 2.45) is 5.73 Å². The third-order valence-corrected chi connectivity index (χ3v) is 4.02. The molecule has 0 heterocycles. The van der Waals surface area contributed by atoms with Gasteiger partial charge in [0.15, 0.2) is 11.5 Å². The minimum absolute atomic E-state index is 0.499. The first-order valence-corrected chi connectivity index (χ1v) is 7.40. The Morgan fingerprint density at radius 3 is 2.57 bits per heavy atom. The monoisotopic (exact) mass is 283 g/mol. The maximum Gasteiger partial charge on any atom is 0.161 e. The van der Waals surface area contributed by atoms with Gasteiger partial charge in [-0.3, -0.25) is 0 Å². The minimum atomic E-state index is 0.499. The second-order valence-corrected chi connectivity index (χ2v) is 5.43. The smallest absolute Gasteiger partial charge is 0.161 e. The molecule has 3 heteroatoms. The number of methoxy groups -OCH3 is 1. The molecule has 0 spiro atoms. The lowest BCUT2D eigenvalue weighted by atomic mass is 10.1. The Morgan fingerprint density at radius 2 is 1.76 bits per heavy atom. The molecule has 2 aromatic rings. The number of hydrogen-bond donors (Lipinski definition) is 1. The predicted octanol–water partition coefficient (Wildman–Crippen LogP) is 3.22. The normalized spacial score (nSPS) is 13.0. The standard InChI is InChI=1S/C18H21NO2/c1-20-17-8-6-13(11-19)10-18(17)21-12-14-5-7-15-3-2-4-16(15)9-14/h5-10H,2-4,11-12,19H2,1H3. The number of ether oxygens (including phenoxy) is 2. The van der Waals surface area contributed by atoms with Crippen LogP contribution in [0, 0.1) is 0 Å². The summed E-state index contributed by atoms with van der Waals surface area (Å²) in [6.45, 7) is 1.05. The van der Waals surface area contributed by atoms with Gasteiger partial charge in [0.2, 0.25) is 0 Å². The van der Waals surface area contributed by atoms with Crippen molar-refractivity contribution in [2.75, 3.05) is 7.11 Å². The van der Waals surface area contributed by atoms with Gasteiger partial charge in [-0.05, 0) is 53.6 Å². The molecule has 1 aliphatic carbocycles. The highest BCUT2D eigenvalue weighted by atomic mass is 16.5. The van der Waals surface area contributed by atoms with Crippen molar-refractivity contribution < 1.29 is 9.47 Å². The fraction of sp³-hybridized carbons (Fsp3) is 0.333. The zero-order valence-corrected chi connectivity index (χ0v) is 12.4. The summed E-state index contributed by atoms with van der Waals surface area (Å²) in [7, 11) is 1.65. The third kappa shape index (κ3) is 3.03. The van der Waals surface area contributed by atoms with E-state index >= 15 is 0 Å². The summed E-state index contributed by atoms with van der Waals surface area (Å²) in [6.07, 6.45) is 3.67. The van der Waals surface area contributed by atoms with E-state index in [1.807, 2.05) is 18.2 Å². The van der Waals surface area contributed by atoms with Crippen LogP contribution in [0.15, 0.2) is 36.4 Å². The van der Waals surface area contributed by atoms with E-state index in [9.17, 15) is 0 Å². The highest BCUT2D eigenvalue weighted by Crippen LogP contribution is 2.29. The molecule has 0 saturated heterocycles. The molecule has 3 nitrogen and oxygen atoms in total. The molecular weight excluding hydrogens is 262 g/mol. The van der Waals surface area contributed by atoms with Gasteiger partial charge in [-0.2, -0.15) is 0 Å². The molecule has 3 rings (SSSR count). The first kappa shape index (κ1) is 14.0. The van der Waals surface area contributed by atoms with E-state index in [2.05, 4.69) is 18.2 Å². The van der Waals surface area contributed by atoms with Gasteiger partial charge in [0, 0.05) is 6.54 Å². The van der Waals surface area contributed by atoms with E-state index in [0.29, 0.717) is 13.2 Å². The fourth-order valence-corrected chi connectivity index (χ4v) is 2.84. The zero-order valence-electron chi connectivity index (χ0n) is 12.4. The summed E-state index contributed by atoms with van der Waals surface area (Å²) < 4.78 is 11.3. The number of fused-ring (bicyclic) bond motifs is 1. The van der Waals surface area contributed by atoms with Crippen molar-refractivity contribution in [1.29, 1.82) is 0 Å². The van der Waals surface area contributed by atoms with Crippen molar-refractivity contribution in [3.63, 3.8) is 0 Å². The number of hydrogen-bond acceptors (Lipinski definition) is 3. The Morgan fingerprint density at radius 1 is 0.952 bits per heavy atom. The first-order valence-electron chi connectivity index (χ1n) is 7.40. The lowest BCUT2D eigenvalue weighted by Crippen LogP contribution is -2.01.